The summed E-state index contributed by atoms with van der Waals surface area (Å²) in [7, 11) is 0. The van der Waals surface area contributed by atoms with Crippen LogP contribution in [0.25, 0.3) is 0 Å². The first-order chi connectivity index (χ1) is 7.65. The number of hydrogen-bond acceptors (Lipinski definition) is 2. The van der Waals surface area contributed by atoms with Gasteiger partial charge in [0.2, 0.25) is 0 Å². The Morgan fingerprint density at radius 1 is 1.56 bits per heavy atom. The number of allylic oxidation sites excluding steroid dienone is 1. The summed E-state index contributed by atoms with van der Waals surface area (Å²) in [5.74, 6) is -0.993. The van der Waals surface area contributed by atoms with Crippen molar-refractivity contribution in [3.8, 4) is 0 Å². The maximum atomic E-state index is 13.3. The summed E-state index contributed by atoms with van der Waals surface area (Å²) in [5.41, 5.74) is 5.85. The van der Waals surface area contributed by atoms with Crippen LogP contribution in [-0.4, -0.2) is 12.5 Å². The quantitative estimate of drug-likeness (QED) is 0.465. The molecule has 0 saturated carbocycles. The van der Waals surface area contributed by atoms with Crippen LogP contribution in [0.15, 0.2) is 30.4 Å². The van der Waals surface area contributed by atoms with Crippen molar-refractivity contribution in [2.45, 2.75) is 13.3 Å². The van der Waals surface area contributed by atoms with Crippen molar-refractivity contribution in [1.29, 1.82) is 0 Å². The maximum Gasteiger partial charge on any atom is 0.254 e. The number of carbonyl (C=O) groups excluding carboxylic acids is 1. The van der Waals surface area contributed by atoms with E-state index in [1.165, 1.54) is 18.2 Å². The molecule has 0 aliphatic rings. The van der Waals surface area contributed by atoms with E-state index in [0.29, 0.717) is 12.2 Å². The second kappa shape index (κ2) is 5.90. The fraction of sp³-hybridized carbons (Fsp3) is 0.250. The highest BCUT2D eigenvalue weighted by atomic mass is 19.1. The molecule has 0 aromatic heterocycles. The van der Waals surface area contributed by atoms with Gasteiger partial charge in [0, 0.05) is 12.2 Å². The van der Waals surface area contributed by atoms with Crippen molar-refractivity contribution in [1.82, 2.24) is 5.32 Å². The number of benzene rings is 1. The molecule has 1 aromatic carbocycles. The van der Waals surface area contributed by atoms with Gasteiger partial charge in [-0.3, -0.25) is 4.79 Å². The Kier molecular flexibility index (Phi) is 4.51. The van der Waals surface area contributed by atoms with Crippen LogP contribution in [0.2, 0.25) is 0 Å². The average molecular weight is 222 g/mol. The molecule has 0 aliphatic carbocycles. The number of carbonyl (C=O) groups is 1. The Morgan fingerprint density at radius 3 is 3.00 bits per heavy atom. The van der Waals surface area contributed by atoms with Crippen LogP contribution in [0.5, 0.6) is 0 Å². The second-order valence-corrected chi connectivity index (χ2v) is 3.35. The van der Waals surface area contributed by atoms with Crippen LogP contribution in [0, 0.1) is 5.82 Å². The number of nitrogens with two attached hydrogens (primary N) is 1. The molecule has 3 nitrogen and oxygen atoms in total. The third-order valence-corrected chi connectivity index (χ3v) is 2.07. The van der Waals surface area contributed by atoms with Crippen molar-refractivity contribution in [2.75, 3.05) is 12.3 Å². The zero-order valence-corrected chi connectivity index (χ0v) is 9.16. The molecule has 0 unspecified atom stereocenters. The second-order valence-electron chi connectivity index (χ2n) is 3.35. The van der Waals surface area contributed by atoms with Gasteiger partial charge in [-0.1, -0.05) is 12.2 Å². The minimum absolute atomic E-state index is 0.0134. The Hall–Kier alpha value is -1.84. The Labute approximate surface area is 94.1 Å². The molecule has 3 N–H and O–H groups in total. The predicted molar refractivity (Wildman–Crippen MR) is 62.6 cm³/mol. The van der Waals surface area contributed by atoms with Crippen LogP contribution < -0.4 is 11.1 Å². The zero-order valence-electron chi connectivity index (χ0n) is 9.16. The topological polar surface area (TPSA) is 55.1 Å². The number of rotatable bonds is 4. The molecule has 0 atom stereocenters. The molecule has 0 radical (unpaired) electrons. The van der Waals surface area contributed by atoms with E-state index in [1.54, 1.807) is 0 Å². The van der Waals surface area contributed by atoms with Gasteiger partial charge in [-0.15, -0.1) is 0 Å². The zero-order chi connectivity index (χ0) is 12.0. The first-order valence-electron chi connectivity index (χ1n) is 5.09. The van der Waals surface area contributed by atoms with Crippen LogP contribution >= 0.6 is 0 Å². The van der Waals surface area contributed by atoms with Gasteiger partial charge in [0.25, 0.3) is 5.91 Å². The molecule has 1 amide bonds. The molecule has 0 heterocycles. The lowest BCUT2D eigenvalue weighted by Gasteiger charge is -2.05. The lowest BCUT2D eigenvalue weighted by Crippen LogP contribution is -2.25. The fourth-order valence-electron chi connectivity index (χ4n) is 1.25. The van der Waals surface area contributed by atoms with Crippen LogP contribution in [-0.2, 0) is 0 Å². The predicted octanol–water partition coefficient (Wildman–Crippen LogP) is 2.10. The molecule has 0 spiro atoms. The van der Waals surface area contributed by atoms with Crippen LogP contribution in [0.4, 0.5) is 10.1 Å². The van der Waals surface area contributed by atoms with E-state index < -0.39 is 11.7 Å². The van der Waals surface area contributed by atoms with Gasteiger partial charge >= 0.3 is 0 Å². The molecule has 4 heteroatoms. The highest BCUT2D eigenvalue weighted by molar-refractivity contribution is 5.95. The molecular formula is C12H15FN2O. The SMILES string of the molecule is C/C=C/CCNC(=O)c1cc(N)ccc1F. The Balaban J connectivity index is 2.62. The monoisotopic (exact) mass is 222 g/mol. The smallest absolute Gasteiger partial charge is 0.254 e. The first-order valence-corrected chi connectivity index (χ1v) is 5.09. The fourth-order valence-corrected chi connectivity index (χ4v) is 1.25. The van der Waals surface area contributed by atoms with Gasteiger partial charge in [-0.2, -0.15) is 0 Å². The Morgan fingerprint density at radius 2 is 2.31 bits per heavy atom. The third kappa shape index (κ3) is 3.38. The number of nitrogen functional groups attached to an aromatic ring is 1. The number of anilines is 1. The molecule has 86 valence electrons. The standard InChI is InChI=1S/C12H15FN2O/c1-2-3-4-7-15-12(16)10-8-9(14)5-6-11(10)13/h2-3,5-6,8H,4,7,14H2,1H3,(H,15,16)/b3-2+. The molecule has 0 aliphatic heterocycles. The first kappa shape index (κ1) is 12.2. The molecule has 1 aromatic rings. The lowest BCUT2D eigenvalue weighted by molar-refractivity contribution is 0.0950. The highest BCUT2D eigenvalue weighted by Gasteiger charge is 2.10. The van der Waals surface area contributed by atoms with Gasteiger partial charge in [-0.05, 0) is 31.5 Å². The molecule has 16 heavy (non-hydrogen) atoms. The van der Waals surface area contributed by atoms with Gasteiger partial charge in [0.1, 0.15) is 5.82 Å². The molecule has 1 rings (SSSR count). The van der Waals surface area contributed by atoms with E-state index in [2.05, 4.69) is 5.32 Å². The summed E-state index contributed by atoms with van der Waals surface area (Å²) in [4.78, 5) is 11.6. The minimum atomic E-state index is -0.558. The van der Waals surface area contributed by atoms with Crippen LogP contribution in [0.1, 0.15) is 23.7 Å². The molecular weight excluding hydrogens is 207 g/mol. The van der Waals surface area contributed by atoms with Crippen molar-refractivity contribution in [3.05, 3.63) is 41.7 Å². The van der Waals surface area contributed by atoms with Crippen molar-refractivity contribution in [2.24, 2.45) is 0 Å². The summed E-state index contributed by atoms with van der Waals surface area (Å²) in [6, 6.07) is 3.95. The van der Waals surface area contributed by atoms with E-state index in [4.69, 9.17) is 5.73 Å². The van der Waals surface area contributed by atoms with Gasteiger partial charge in [0.15, 0.2) is 0 Å². The molecule has 0 fully saturated rings. The summed E-state index contributed by atoms with van der Waals surface area (Å²) < 4.78 is 13.3. The van der Waals surface area contributed by atoms with E-state index >= 15 is 0 Å². The largest absolute Gasteiger partial charge is 0.399 e. The summed E-state index contributed by atoms with van der Waals surface area (Å²) >= 11 is 0. The van der Waals surface area contributed by atoms with E-state index in [-0.39, 0.29) is 5.56 Å². The van der Waals surface area contributed by atoms with Gasteiger partial charge < -0.3 is 11.1 Å². The van der Waals surface area contributed by atoms with Crippen LogP contribution in [0.3, 0.4) is 0 Å². The molecule has 0 bridgehead atoms. The van der Waals surface area contributed by atoms with Crippen molar-refractivity contribution < 1.29 is 9.18 Å². The summed E-state index contributed by atoms with van der Waals surface area (Å²) in [5, 5.41) is 2.62. The minimum Gasteiger partial charge on any atom is -0.399 e. The van der Waals surface area contributed by atoms with E-state index in [0.717, 1.165) is 6.42 Å². The number of halogens is 1. The normalized spacial score (nSPS) is 10.6. The third-order valence-electron chi connectivity index (χ3n) is 2.07. The average Bonchev–Trinajstić information content (AvgIpc) is 2.27. The number of hydrogen-bond donors (Lipinski definition) is 2. The molecule has 0 saturated heterocycles. The summed E-state index contributed by atoms with van der Waals surface area (Å²) in [6.45, 7) is 2.39. The van der Waals surface area contributed by atoms with Gasteiger partial charge in [-0.25, -0.2) is 4.39 Å². The van der Waals surface area contributed by atoms with Crippen molar-refractivity contribution in [3.63, 3.8) is 0 Å². The number of amides is 1. The highest BCUT2D eigenvalue weighted by Crippen LogP contribution is 2.11. The van der Waals surface area contributed by atoms with E-state index in [1.807, 2.05) is 19.1 Å². The van der Waals surface area contributed by atoms with Crippen molar-refractivity contribution >= 4 is 11.6 Å². The maximum absolute atomic E-state index is 13.3. The van der Waals surface area contributed by atoms with Gasteiger partial charge in [0.05, 0.1) is 5.56 Å². The Bertz CT molecular complexity index is 402. The summed E-state index contributed by atoms with van der Waals surface area (Å²) in [6.07, 6.45) is 4.55. The lowest BCUT2D eigenvalue weighted by atomic mass is 10.1. The number of nitrogens with one attached hydrogen (secondary N) is 1. The van der Waals surface area contributed by atoms with E-state index in [9.17, 15) is 9.18 Å².